The zero-order valence-electron chi connectivity index (χ0n) is 10.7. The van der Waals surface area contributed by atoms with E-state index in [1.54, 1.807) is 0 Å². The molecule has 17 heavy (non-hydrogen) atoms. The third-order valence-corrected chi connectivity index (χ3v) is 2.45. The predicted molar refractivity (Wildman–Crippen MR) is 67.2 cm³/mol. The van der Waals surface area contributed by atoms with Crippen molar-refractivity contribution in [1.29, 1.82) is 0 Å². The third-order valence-electron chi connectivity index (χ3n) is 2.45. The van der Waals surface area contributed by atoms with Gasteiger partial charge in [0.25, 0.3) is 0 Å². The van der Waals surface area contributed by atoms with Crippen LogP contribution in [-0.2, 0) is 0 Å². The maximum atomic E-state index is 13.5. The molecular formula is C11H20FN5. The number of anilines is 2. The highest BCUT2D eigenvalue weighted by Gasteiger charge is 2.17. The molecule has 0 saturated carbocycles. The average Bonchev–Trinajstić information content (AvgIpc) is 2.21. The Balaban J connectivity index is 2.81. The Labute approximate surface area is 101 Å². The largest absolute Gasteiger partial charge is 0.368 e. The van der Waals surface area contributed by atoms with Crippen LogP contribution in [0, 0.1) is 11.7 Å². The van der Waals surface area contributed by atoms with Crippen molar-refractivity contribution >= 4 is 11.8 Å². The molecule has 5 nitrogen and oxygen atoms in total. The normalized spacial score (nSPS) is 13.1. The van der Waals surface area contributed by atoms with Crippen LogP contribution in [0.5, 0.6) is 0 Å². The predicted octanol–water partition coefficient (Wildman–Crippen LogP) is 1.20. The van der Waals surface area contributed by atoms with Crippen molar-refractivity contribution in [3.8, 4) is 0 Å². The van der Waals surface area contributed by atoms with Crippen molar-refractivity contribution in [1.82, 2.24) is 14.9 Å². The Bertz CT molecular complexity index is 367. The fraction of sp³-hybridized carbons (Fsp3) is 0.636. The summed E-state index contributed by atoms with van der Waals surface area (Å²) < 4.78 is 13.5. The molecule has 0 aliphatic heterocycles. The molecular weight excluding hydrogens is 221 g/mol. The van der Waals surface area contributed by atoms with Crippen LogP contribution in [0.1, 0.15) is 13.8 Å². The standard InChI is InChI=1S/C11H20FN5/c1-7(2)9(6-17(3)4)15-10-8(12)5-14-11(13)16-10/h5,7,9H,6H2,1-4H3,(H3,13,14,15,16). The Morgan fingerprint density at radius 2 is 2.12 bits per heavy atom. The first-order chi connectivity index (χ1) is 7.90. The molecule has 6 heteroatoms. The summed E-state index contributed by atoms with van der Waals surface area (Å²) in [5.41, 5.74) is 5.44. The second-order valence-electron chi connectivity index (χ2n) is 4.68. The number of nitrogens with one attached hydrogen (secondary N) is 1. The molecule has 0 radical (unpaired) electrons. The summed E-state index contributed by atoms with van der Waals surface area (Å²) >= 11 is 0. The van der Waals surface area contributed by atoms with Gasteiger partial charge in [0.05, 0.1) is 6.20 Å². The number of halogens is 1. The Hall–Kier alpha value is -1.43. The first-order valence-electron chi connectivity index (χ1n) is 5.59. The van der Waals surface area contributed by atoms with Crippen LogP contribution < -0.4 is 11.1 Å². The van der Waals surface area contributed by atoms with Gasteiger partial charge < -0.3 is 16.0 Å². The van der Waals surface area contributed by atoms with Gasteiger partial charge in [-0.25, -0.2) is 9.37 Å². The van der Waals surface area contributed by atoms with Crippen molar-refractivity contribution in [2.24, 2.45) is 5.92 Å². The number of nitrogens with two attached hydrogens (primary N) is 1. The molecule has 1 atom stereocenters. The number of nitrogens with zero attached hydrogens (tertiary/aromatic N) is 3. The van der Waals surface area contributed by atoms with E-state index in [4.69, 9.17) is 5.73 Å². The maximum absolute atomic E-state index is 13.5. The summed E-state index contributed by atoms with van der Waals surface area (Å²) in [6.07, 6.45) is 1.08. The van der Waals surface area contributed by atoms with E-state index in [-0.39, 0.29) is 17.8 Å². The highest BCUT2D eigenvalue weighted by atomic mass is 19.1. The molecule has 0 aliphatic rings. The molecule has 96 valence electrons. The van der Waals surface area contributed by atoms with Gasteiger partial charge in [0.2, 0.25) is 5.95 Å². The van der Waals surface area contributed by atoms with Crippen LogP contribution in [0.15, 0.2) is 6.20 Å². The second-order valence-corrected chi connectivity index (χ2v) is 4.68. The van der Waals surface area contributed by atoms with E-state index >= 15 is 0 Å². The van der Waals surface area contributed by atoms with Crippen LogP contribution in [0.3, 0.4) is 0 Å². The van der Waals surface area contributed by atoms with Crippen LogP contribution in [-0.4, -0.2) is 41.5 Å². The van der Waals surface area contributed by atoms with Gasteiger partial charge in [-0.3, -0.25) is 0 Å². The Morgan fingerprint density at radius 3 is 2.65 bits per heavy atom. The highest BCUT2D eigenvalue weighted by Crippen LogP contribution is 2.15. The third kappa shape index (κ3) is 4.14. The van der Waals surface area contributed by atoms with Crippen LogP contribution >= 0.6 is 0 Å². The summed E-state index contributed by atoms with van der Waals surface area (Å²) in [5, 5.41) is 3.07. The van der Waals surface area contributed by atoms with Gasteiger partial charge in [-0.2, -0.15) is 4.98 Å². The molecule has 1 aromatic rings. The number of nitrogen functional groups attached to an aromatic ring is 1. The lowest BCUT2D eigenvalue weighted by atomic mass is 10.0. The van der Waals surface area contributed by atoms with E-state index in [1.165, 1.54) is 0 Å². The van der Waals surface area contributed by atoms with Crippen LogP contribution in [0.25, 0.3) is 0 Å². The van der Waals surface area contributed by atoms with Crippen molar-refractivity contribution < 1.29 is 4.39 Å². The van der Waals surface area contributed by atoms with Gasteiger partial charge in [0.1, 0.15) is 0 Å². The smallest absolute Gasteiger partial charge is 0.222 e. The van der Waals surface area contributed by atoms with E-state index in [9.17, 15) is 4.39 Å². The number of hydrogen-bond donors (Lipinski definition) is 2. The monoisotopic (exact) mass is 241 g/mol. The van der Waals surface area contributed by atoms with Gasteiger partial charge in [-0.15, -0.1) is 0 Å². The fourth-order valence-electron chi connectivity index (χ4n) is 1.47. The fourth-order valence-corrected chi connectivity index (χ4v) is 1.47. The molecule has 0 fully saturated rings. The molecule has 0 bridgehead atoms. The van der Waals surface area contributed by atoms with Crippen LogP contribution in [0.2, 0.25) is 0 Å². The van der Waals surface area contributed by atoms with Gasteiger partial charge in [0, 0.05) is 12.6 Å². The minimum atomic E-state index is -0.483. The zero-order valence-corrected chi connectivity index (χ0v) is 10.7. The summed E-state index contributed by atoms with van der Waals surface area (Å²) in [5.74, 6) is 0.107. The minimum Gasteiger partial charge on any atom is -0.368 e. The zero-order chi connectivity index (χ0) is 13.0. The topological polar surface area (TPSA) is 67.1 Å². The molecule has 0 amide bonds. The molecule has 0 saturated heterocycles. The molecule has 0 spiro atoms. The van der Waals surface area contributed by atoms with Gasteiger partial charge in [-0.05, 0) is 20.0 Å². The molecule has 1 heterocycles. The van der Waals surface area contributed by atoms with Crippen molar-refractivity contribution in [2.75, 3.05) is 31.7 Å². The minimum absolute atomic E-state index is 0.0706. The molecule has 0 aromatic carbocycles. The van der Waals surface area contributed by atoms with Crippen molar-refractivity contribution in [3.05, 3.63) is 12.0 Å². The molecule has 1 aromatic heterocycles. The van der Waals surface area contributed by atoms with Gasteiger partial charge in [0.15, 0.2) is 11.6 Å². The molecule has 3 N–H and O–H groups in total. The number of rotatable bonds is 5. The first-order valence-corrected chi connectivity index (χ1v) is 5.59. The number of aromatic nitrogens is 2. The van der Waals surface area contributed by atoms with E-state index in [1.807, 2.05) is 19.0 Å². The second kappa shape index (κ2) is 5.77. The lowest BCUT2D eigenvalue weighted by molar-refractivity contribution is 0.343. The SMILES string of the molecule is CC(C)C(CN(C)C)Nc1nc(N)ncc1F. The van der Waals surface area contributed by atoms with Crippen molar-refractivity contribution in [2.45, 2.75) is 19.9 Å². The summed E-state index contributed by atoms with van der Waals surface area (Å²) in [6, 6.07) is 0.105. The average molecular weight is 241 g/mol. The lowest BCUT2D eigenvalue weighted by Crippen LogP contribution is -2.37. The van der Waals surface area contributed by atoms with E-state index < -0.39 is 5.82 Å². The van der Waals surface area contributed by atoms with E-state index in [0.717, 1.165) is 12.7 Å². The van der Waals surface area contributed by atoms with Gasteiger partial charge >= 0.3 is 0 Å². The summed E-state index contributed by atoms with van der Waals surface area (Å²) in [7, 11) is 3.95. The van der Waals surface area contributed by atoms with Crippen LogP contribution in [0.4, 0.5) is 16.2 Å². The molecule has 1 rings (SSSR count). The Kier molecular flexibility index (Phi) is 4.62. The lowest BCUT2D eigenvalue weighted by Gasteiger charge is -2.26. The summed E-state index contributed by atoms with van der Waals surface area (Å²) in [4.78, 5) is 9.50. The van der Waals surface area contributed by atoms with Crippen molar-refractivity contribution in [3.63, 3.8) is 0 Å². The summed E-state index contributed by atoms with van der Waals surface area (Å²) in [6.45, 7) is 4.94. The molecule has 1 unspecified atom stereocenters. The number of hydrogen-bond acceptors (Lipinski definition) is 5. The number of likely N-dealkylation sites (N-methyl/N-ethyl adjacent to an activating group) is 1. The molecule has 0 aliphatic carbocycles. The van der Waals surface area contributed by atoms with Gasteiger partial charge in [-0.1, -0.05) is 13.8 Å². The highest BCUT2D eigenvalue weighted by molar-refractivity contribution is 5.40. The van der Waals surface area contributed by atoms with E-state index in [2.05, 4.69) is 29.1 Å². The maximum Gasteiger partial charge on any atom is 0.222 e. The first kappa shape index (κ1) is 13.6. The Morgan fingerprint density at radius 1 is 1.47 bits per heavy atom. The van der Waals surface area contributed by atoms with E-state index in [0.29, 0.717) is 5.92 Å². The quantitative estimate of drug-likeness (QED) is 0.810.